The fourth-order valence-corrected chi connectivity index (χ4v) is 2.86. The lowest BCUT2D eigenvalue weighted by atomic mass is 10.2. The minimum atomic E-state index is -3.62. The number of rotatable bonds is 6. The Morgan fingerprint density at radius 1 is 1.05 bits per heavy atom. The van der Waals surface area contributed by atoms with Crippen LogP contribution in [0.1, 0.15) is 22.8 Å². The van der Waals surface area contributed by atoms with E-state index in [4.69, 9.17) is 4.74 Å². The van der Waals surface area contributed by atoms with E-state index in [9.17, 15) is 13.2 Å². The van der Waals surface area contributed by atoms with Gasteiger partial charge in [-0.15, -0.1) is 0 Å². The SMILES string of the molecule is CCOC(=O)c1ccc(S(=O)(=O)NCc2ccccc2)cc1. The number of ether oxygens (including phenoxy) is 1. The van der Waals surface area contributed by atoms with Crippen molar-refractivity contribution in [2.45, 2.75) is 18.4 Å². The maximum atomic E-state index is 12.2. The maximum absolute atomic E-state index is 12.2. The van der Waals surface area contributed by atoms with Crippen LogP contribution < -0.4 is 4.72 Å². The second-order valence-corrected chi connectivity index (χ2v) is 6.32. The minimum Gasteiger partial charge on any atom is -0.462 e. The average Bonchev–Trinajstić information content (AvgIpc) is 2.54. The second kappa shape index (κ2) is 7.20. The first-order valence-corrected chi connectivity index (χ1v) is 8.32. The van der Waals surface area contributed by atoms with Crippen molar-refractivity contribution in [3.63, 3.8) is 0 Å². The van der Waals surface area contributed by atoms with Gasteiger partial charge in [-0.05, 0) is 36.8 Å². The molecule has 0 aromatic heterocycles. The van der Waals surface area contributed by atoms with Gasteiger partial charge in [0.15, 0.2) is 0 Å². The van der Waals surface area contributed by atoms with Gasteiger partial charge in [0.05, 0.1) is 17.1 Å². The number of carbonyl (C=O) groups excluding carboxylic acids is 1. The lowest BCUT2D eigenvalue weighted by Crippen LogP contribution is -2.23. The normalized spacial score (nSPS) is 11.1. The first-order chi connectivity index (χ1) is 10.5. The molecule has 1 N–H and O–H groups in total. The van der Waals surface area contributed by atoms with E-state index in [1.54, 1.807) is 6.92 Å². The predicted molar refractivity (Wildman–Crippen MR) is 82.9 cm³/mol. The zero-order chi connectivity index (χ0) is 16.0. The van der Waals surface area contributed by atoms with Crippen LogP contribution in [0.15, 0.2) is 59.5 Å². The number of carbonyl (C=O) groups is 1. The molecule has 0 atom stereocenters. The molecule has 5 nitrogen and oxygen atoms in total. The summed E-state index contributed by atoms with van der Waals surface area (Å²) >= 11 is 0. The lowest BCUT2D eigenvalue weighted by molar-refractivity contribution is 0.0526. The first kappa shape index (κ1) is 16.2. The molecule has 0 spiro atoms. The van der Waals surface area contributed by atoms with Crippen LogP contribution in [0, 0.1) is 0 Å². The van der Waals surface area contributed by atoms with Crippen molar-refractivity contribution in [3.8, 4) is 0 Å². The smallest absolute Gasteiger partial charge is 0.338 e. The lowest BCUT2D eigenvalue weighted by Gasteiger charge is -2.08. The molecular formula is C16H17NO4S. The molecule has 0 saturated carbocycles. The topological polar surface area (TPSA) is 72.5 Å². The average molecular weight is 319 g/mol. The Morgan fingerprint density at radius 3 is 2.27 bits per heavy atom. The number of nitrogens with one attached hydrogen (secondary N) is 1. The van der Waals surface area contributed by atoms with Gasteiger partial charge < -0.3 is 4.74 Å². The number of hydrogen-bond acceptors (Lipinski definition) is 4. The zero-order valence-electron chi connectivity index (χ0n) is 12.2. The van der Waals surface area contributed by atoms with E-state index >= 15 is 0 Å². The van der Waals surface area contributed by atoms with Crippen molar-refractivity contribution < 1.29 is 17.9 Å². The van der Waals surface area contributed by atoms with Gasteiger partial charge in [-0.2, -0.15) is 0 Å². The Morgan fingerprint density at radius 2 is 1.68 bits per heavy atom. The quantitative estimate of drug-likeness (QED) is 0.830. The van der Waals surface area contributed by atoms with Crippen LogP contribution in [0.5, 0.6) is 0 Å². The monoisotopic (exact) mass is 319 g/mol. The standard InChI is InChI=1S/C16H17NO4S/c1-2-21-16(18)14-8-10-15(11-9-14)22(19,20)17-12-13-6-4-3-5-7-13/h3-11,17H,2,12H2,1H3. The van der Waals surface area contributed by atoms with Gasteiger partial charge in [0.25, 0.3) is 0 Å². The van der Waals surface area contributed by atoms with Gasteiger partial charge in [0, 0.05) is 6.54 Å². The molecule has 0 radical (unpaired) electrons. The van der Waals surface area contributed by atoms with Crippen molar-refractivity contribution in [3.05, 3.63) is 65.7 Å². The summed E-state index contributed by atoms with van der Waals surface area (Å²) in [6, 6.07) is 14.9. The molecule has 0 amide bonds. The van der Waals surface area contributed by atoms with E-state index in [0.29, 0.717) is 5.56 Å². The summed E-state index contributed by atoms with van der Waals surface area (Å²) in [5.74, 6) is -0.469. The molecule has 22 heavy (non-hydrogen) atoms. The van der Waals surface area contributed by atoms with Gasteiger partial charge in [-0.3, -0.25) is 0 Å². The van der Waals surface area contributed by atoms with Crippen LogP contribution >= 0.6 is 0 Å². The number of esters is 1. The highest BCUT2D eigenvalue weighted by Gasteiger charge is 2.15. The maximum Gasteiger partial charge on any atom is 0.338 e. The number of benzene rings is 2. The van der Waals surface area contributed by atoms with Crippen molar-refractivity contribution >= 4 is 16.0 Å². The summed E-state index contributed by atoms with van der Waals surface area (Å²) in [6.45, 7) is 2.20. The molecule has 0 aliphatic heterocycles. The molecule has 0 unspecified atom stereocenters. The van der Waals surface area contributed by atoms with Gasteiger partial charge in [0.2, 0.25) is 10.0 Å². The van der Waals surface area contributed by atoms with Crippen LogP contribution in [-0.4, -0.2) is 21.0 Å². The van der Waals surface area contributed by atoms with E-state index in [1.807, 2.05) is 30.3 Å². The van der Waals surface area contributed by atoms with E-state index < -0.39 is 16.0 Å². The molecule has 0 bridgehead atoms. The Labute approximate surface area is 130 Å². The Bertz CT molecular complexity index is 725. The number of sulfonamides is 1. The third-order valence-corrected chi connectivity index (χ3v) is 4.40. The highest BCUT2D eigenvalue weighted by Crippen LogP contribution is 2.12. The molecule has 0 aliphatic rings. The van der Waals surface area contributed by atoms with E-state index in [1.165, 1.54) is 24.3 Å². The van der Waals surface area contributed by atoms with Crippen molar-refractivity contribution in [1.82, 2.24) is 4.72 Å². The molecule has 0 heterocycles. The van der Waals surface area contributed by atoms with E-state index in [-0.39, 0.29) is 18.0 Å². The largest absolute Gasteiger partial charge is 0.462 e. The number of hydrogen-bond donors (Lipinski definition) is 1. The summed E-state index contributed by atoms with van der Waals surface area (Å²) < 4.78 is 31.7. The van der Waals surface area contributed by atoms with Crippen molar-refractivity contribution in [2.75, 3.05) is 6.61 Å². The third kappa shape index (κ3) is 4.16. The van der Waals surface area contributed by atoms with Crippen molar-refractivity contribution in [2.24, 2.45) is 0 Å². The van der Waals surface area contributed by atoms with Gasteiger partial charge >= 0.3 is 5.97 Å². The zero-order valence-corrected chi connectivity index (χ0v) is 13.0. The van der Waals surface area contributed by atoms with Crippen molar-refractivity contribution in [1.29, 1.82) is 0 Å². The second-order valence-electron chi connectivity index (χ2n) is 4.55. The van der Waals surface area contributed by atoms with Crippen LogP contribution in [0.4, 0.5) is 0 Å². The van der Waals surface area contributed by atoms with Gasteiger partial charge in [-0.1, -0.05) is 30.3 Å². The molecule has 0 saturated heterocycles. The Kier molecular flexibility index (Phi) is 5.30. The van der Waals surface area contributed by atoms with Crippen LogP contribution in [-0.2, 0) is 21.3 Å². The molecule has 0 fully saturated rings. The molecule has 116 valence electrons. The summed E-state index contributed by atoms with van der Waals surface area (Å²) in [5.41, 5.74) is 1.19. The molecule has 2 rings (SSSR count). The summed E-state index contributed by atoms with van der Waals surface area (Å²) in [7, 11) is -3.62. The van der Waals surface area contributed by atoms with Gasteiger partial charge in [-0.25, -0.2) is 17.9 Å². The highest BCUT2D eigenvalue weighted by molar-refractivity contribution is 7.89. The van der Waals surface area contributed by atoms with Gasteiger partial charge in [0.1, 0.15) is 0 Å². The Hall–Kier alpha value is -2.18. The fourth-order valence-electron chi connectivity index (χ4n) is 1.84. The van der Waals surface area contributed by atoms with E-state index in [0.717, 1.165) is 5.56 Å². The molecular weight excluding hydrogens is 302 g/mol. The highest BCUT2D eigenvalue weighted by atomic mass is 32.2. The van der Waals surface area contributed by atoms with Crippen LogP contribution in [0.2, 0.25) is 0 Å². The molecule has 2 aromatic rings. The summed E-state index contributed by atoms with van der Waals surface area (Å²) in [6.07, 6.45) is 0. The van der Waals surface area contributed by atoms with E-state index in [2.05, 4.69) is 4.72 Å². The molecule has 2 aromatic carbocycles. The first-order valence-electron chi connectivity index (χ1n) is 6.83. The van der Waals surface area contributed by atoms with Crippen LogP contribution in [0.25, 0.3) is 0 Å². The molecule has 0 aliphatic carbocycles. The fraction of sp³-hybridized carbons (Fsp3) is 0.188. The summed E-state index contributed by atoms with van der Waals surface area (Å²) in [4.78, 5) is 11.6. The molecule has 6 heteroatoms. The summed E-state index contributed by atoms with van der Waals surface area (Å²) in [5, 5.41) is 0. The third-order valence-electron chi connectivity index (χ3n) is 2.98. The predicted octanol–water partition coefficient (Wildman–Crippen LogP) is 2.34. The Balaban J connectivity index is 2.08. The van der Waals surface area contributed by atoms with Crippen LogP contribution in [0.3, 0.4) is 0 Å². The minimum absolute atomic E-state index is 0.108.